The van der Waals surface area contributed by atoms with Gasteiger partial charge in [0.25, 0.3) is 0 Å². The quantitative estimate of drug-likeness (QED) is 0.798. The van der Waals surface area contributed by atoms with E-state index in [1.807, 2.05) is 0 Å². The first kappa shape index (κ1) is 12.9. The van der Waals surface area contributed by atoms with Crippen LogP contribution < -0.4 is 4.74 Å². The summed E-state index contributed by atoms with van der Waals surface area (Å²) in [5, 5.41) is 0. The first-order chi connectivity index (χ1) is 9.10. The average molecular weight is 266 g/mol. The van der Waals surface area contributed by atoms with Crippen molar-refractivity contribution in [3.8, 4) is 11.6 Å². The Hall–Kier alpha value is -2.57. The van der Waals surface area contributed by atoms with Crippen LogP contribution in [0.15, 0.2) is 30.7 Å². The summed E-state index contributed by atoms with van der Waals surface area (Å²) < 4.78 is 35.7. The number of aromatic nitrogens is 2. The molecule has 5 nitrogen and oxygen atoms in total. The fourth-order valence-corrected chi connectivity index (χ4v) is 1.35. The third kappa shape index (κ3) is 3.01. The second kappa shape index (κ2) is 5.38. The molecule has 0 saturated heterocycles. The summed E-state index contributed by atoms with van der Waals surface area (Å²) in [6, 6.07) is 2.63. The zero-order chi connectivity index (χ0) is 13.8. The van der Waals surface area contributed by atoms with Crippen molar-refractivity contribution in [3.63, 3.8) is 0 Å². The standard InChI is InChI=1S/C12H8F2N2O3/c1-18-12(17)10-5-15-6-16-11(10)19-9-3-7(13)2-8(14)4-9/h2-6H,1H3. The maximum absolute atomic E-state index is 13.0. The Bertz CT molecular complexity index is 599. The molecule has 19 heavy (non-hydrogen) atoms. The maximum Gasteiger partial charge on any atom is 0.345 e. The van der Waals surface area contributed by atoms with Gasteiger partial charge in [-0.3, -0.25) is 0 Å². The molecule has 0 aliphatic rings. The van der Waals surface area contributed by atoms with Crippen LogP contribution in [0.2, 0.25) is 0 Å². The van der Waals surface area contributed by atoms with Gasteiger partial charge >= 0.3 is 5.97 Å². The van der Waals surface area contributed by atoms with E-state index >= 15 is 0 Å². The lowest BCUT2D eigenvalue weighted by Gasteiger charge is -2.08. The largest absolute Gasteiger partial charge is 0.465 e. The molecule has 2 aromatic rings. The number of esters is 1. The average Bonchev–Trinajstić information content (AvgIpc) is 2.37. The van der Waals surface area contributed by atoms with Crippen molar-refractivity contribution in [1.29, 1.82) is 0 Å². The van der Waals surface area contributed by atoms with E-state index in [2.05, 4.69) is 14.7 Å². The number of carbonyl (C=O) groups is 1. The van der Waals surface area contributed by atoms with Gasteiger partial charge in [0.2, 0.25) is 5.88 Å². The molecule has 1 aromatic heterocycles. The van der Waals surface area contributed by atoms with Crippen LogP contribution in [0.1, 0.15) is 10.4 Å². The van der Waals surface area contributed by atoms with Gasteiger partial charge in [-0.2, -0.15) is 0 Å². The molecule has 0 fully saturated rings. The fourth-order valence-electron chi connectivity index (χ4n) is 1.35. The molecule has 0 amide bonds. The van der Waals surface area contributed by atoms with Crippen LogP contribution >= 0.6 is 0 Å². The van der Waals surface area contributed by atoms with Gasteiger partial charge in [0, 0.05) is 24.4 Å². The fraction of sp³-hybridized carbons (Fsp3) is 0.0833. The smallest absolute Gasteiger partial charge is 0.345 e. The Kier molecular flexibility index (Phi) is 3.65. The Morgan fingerprint density at radius 3 is 2.53 bits per heavy atom. The summed E-state index contributed by atoms with van der Waals surface area (Å²) >= 11 is 0. The van der Waals surface area contributed by atoms with Crippen molar-refractivity contribution < 1.29 is 23.0 Å². The Morgan fingerprint density at radius 2 is 1.89 bits per heavy atom. The predicted octanol–water partition coefficient (Wildman–Crippen LogP) is 2.33. The van der Waals surface area contributed by atoms with Crippen LogP contribution in [-0.2, 0) is 4.74 Å². The monoisotopic (exact) mass is 266 g/mol. The van der Waals surface area contributed by atoms with Gasteiger partial charge in [0.05, 0.1) is 7.11 Å². The summed E-state index contributed by atoms with van der Waals surface area (Å²) in [5.41, 5.74) is -0.0466. The number of carbonyl (C=O) groups excluding carboxylic acids is 1. The van der Waals surface area contributed by atoms with Crippen molar-refractivity contribution >= 4 is 5.97 Å². The van der Waals surface area contributed by atoms with Crippen molar-refractivity contribution in [3.05, 3.63) is 47.9 Å². The normalized spacial score (nSPS) is 10.1. The molecule has 0 aliphatic carbocycles. The summed E-state index contributed by atoms with van der Waals surface area (Å²) in [6.45, 7) is 0. The first-order valence-electron chi connectivity index (χ1n) is 5.12. The van der Waals surface area contributed by atoms with Crippen LogP contribution in [0.5, 0.6) is 11.6 Å². The minimum absolute atomic E-state index is 0.0466. The van der Waals surface area contributed by atoms with E-state index < -0.39 is 17.6 Å². The van der Waals surface area contributed by atoms with E-state index in [0.717, 1.165) is 18.5 Å². The molecular formula is C12H8F2N2O3. The summed E-state index contributed by atoms with van der Waals surface area (Å²) in [6.07, 6.45) is 2.32. The number of ether oxygens (including phenoxy) is 2. The van der Waals surface area contributed by atoms with Gasteiger partial charge in [-0.25, -0.2) is 23.5 Å². The number of nitrogens with zero attached hydrogens (tertiary/aromatic N) is 2. The Morgan fingerprint density at radius 1 is 1.21 bits per heavy atom. The molecular weight excluding hydrogens is 258 g/mol. The highest BCUT2D eigenvalue weighted by Crippen LogP contribution is 2.24. The number of halogens is 2. The van der Waals surface area contributed by atoms with Gasteiger partial charge in [-0.1, -0.05) is 0 Å². The van der Waals surface area contributed by atoms with Crippen LogP contribution in [0.4, 0.5) is 8.78 Å². The van der Waals surface area contributed by atoms with E-state index in [1.165, 1.54) is 13.3 Å². The number of benzene rings is 1. The first-order valence-corrected chi connectivity index (χ1v) is 5.12. The lowest BCUT2D eigenvalue weighted by atomic mass is 10.3. The molecule has 98 valence electrons. The molecule has 0 unspecified atom stereocenters. The van der Waals surface area contributed by atoms with Crippen LogP contribution in [-0.4, -0.2) is 23.0 Å². The minimum Gasteiger partial charge on any atom is -0.465 e. The van der Waals surface area contributed by atoms with Crippen molar-refractivity contribution in [2.75, 3.05) is 7.11 Å². The van der Waals surface area contributed by atoms with Crippen molar-refractivity contribution in [2.45, 2.75) is 0 Å². The van der Waals surface area contributed by atoms with Gasteiger partial charge < -0.3 is 9.47 Å². The molecule has 1 heterocycles. The van der Waals surface area contributed by atoms with Gasteiger partial charge in [-0.05, 0) is 0 Å². The summed E-state index contributed by atoms with van der Waals surface area (Å²) in [4.78, 5) is 18.8. The van der Waals surface area contributed by atoms with E-state index in [-0.39, 0.29) is 17.2 Å². The van der Waals surface area contributed by atoms with E-state index in [4.69, 9.17) is 4.74 Å². The second-order valence-corrected chi connectivity index (χ2v) is 3.44. The predicted molar refractivity (Wildman–Crippen MR) is 59.8 cm³/mol. The lowest BCUT2D eigenvalue weighted by molar-refractivity contribution is 0.0596. The number of hydrogen-bond acceptors (Lipinski definition) is 5. The number of hydrogen-bond donors (Lipinski definition) is 0. The van der Waals surface area contributed by atoms with Crippen LogP contribution in [0.3, 0.4) is 0 Å². The molecule has 2 rings (SSSR count). The van der Waals surface area contributed by atoms with Crippen molar-refractivity contribution in [2.24, 2.45) is 0 Å². The van der Waals surface area contributed by atoms with Gasteiger partial charge in [0.15, 0.2) is 0 Å². The van der Waals surface area contributed by atoms with E-state index in [0.29, 0.717) is 6.07 Å². The second-order valence-electron chi connectivity index (χ2n) is 3.44. The number of methoxy groups -OCH3 is 1. The zero-order valence-electron chi connectivity index (χ0n) is 9.76. The molecule has 0 saturated carbocycles. The molecule has 0 spiro atoms. The molecule has 0 aliphatic heterocycles. The minimum atomic E-state index is -0.802. The Labute approximate surface area is 106 Å². The van der Waals surface area contributed by atoms with Crippen LogP contribution in [0.25, 0.3) is 0 Å². The highest BCUT2D eigenvalue weighted by molar-refractivity contribution is 5.91. The van der Waals surface area contributed by atoms with Gasteiger partial charge in [-0.15, -0.1) is 0 Å². The van der Waals surface area contributed by atoms with E-state index in [9.17, 15) is 13.6 Å². The van der Waals surface area contributed by atoms with Crippen LogP contribution in [0, 0.1) is 11.6 Å². The topological polar surface area (TPSA) is 61.3 Å². The molecule has 0 radical (unpaired) electrons. The molecule has 0 bridgehead atoms. The molecule has 0 N–H and O–H groups in total. The maximum atomic E-state index is 13.0. The Balaban J connectivity index is 2.35. The van der Waals surface area contributed by atoms with E-state index in [1.54, 1.807) is 0 Å². The molecule has 1 aromatic carbocycles. The summed E-state index contributed by atoms with van der Waals surface area (Å²) in [7, 11) is 1.18. The highest BCUT2D eigenvalue weighted by atomic mass is 19.1. The molecule has 0 atom stereocenters. The third-order valence-corrected chi connectivity index (χ3v) is 2.13. The zero-order valence-corrected chi connectivity index (χ0v) is 9.76. The SMILES string of the molecule is COC(=O)c1cncnc1Oc1cc(F)cc(F)c1. The third-order valence-electron chi connectivity index (χ3n) is 2.13. The van der Waals surface area contributed by atoms with Gasteiger partial charge in [0.1, 0.15) is 29.3 Å². The number of rotatable bonds is 3. The summed E-state index contributed by atoms with van der Waals surface area (Å²) in [5.74, 6) is -2.59. The molecule has 7 heteroatoms. The lowest BCUT2D eigenvalue weighted by Crippen LogP contribution is -2.06. The van der Waals surface area contributed by atoms with Crippen molar-refractivity contribution in [1.82, 2.24) is 9.97 Å². The highest BCUT2D eigenvalue weighted by Gasteiger charge is 2.16.